The molecular formula is C25H39NO4. The van der Waals surface area contributed by atoms with Gasteiger partial charge in [0, 0.05) is 24.9 Å². The molecule has 0 N–H and O–H groups in total. The molecule has 2 aliphatic heterocycles. The lowest BCUT2D eigenvalue weighted by Crippen LogP contribution is -2.41. The van der Waals surface area contributed by atoms with Crippen molar-refractivity contribution in [1.82, 2.24) is 4.90 Å². The van der Waals surface area contributed by atoms with Gasteiger partial charge in [0.1, 0.15) is 6.61 Å². The van der Waals surface area contributed by atoms with Crippen molar-refractivity contribution in [3.63, 3.8) is 0 Å². The molecule has 0 bridgehead atoms. The van der Waals surface area contributed by atoms with Gasteiger partial charge in [0.05, 0.1) is 13.2 Å². The Balaban J connectivity index is 1.50. The van der Waals surface area contributed by atoms with Gasteiger partial charge in [-0.2, -0.15) is 0 Å². The molecule has 0 radical (unpaired) electrons. The van der Waals surface area contributed by atoms with Crippen molar-refractivity contribution < 1.29 is 19.0 Å². The van der Waals surface area contributed by atoms with Crippen molar-refractivity contribution in [2.24, 2.45) is 0 Å². The molecule has 5 heteroatoms. The van der Waals surface area contributed by atoms with Gasteiger partial charge in [-0.3, -0.25) is 0 Å². The molecule has 2 heterocycles. The standard InChI is InChI=1S/C25H39NO4/c1-3-4-5-6-10-16-25(29-18-19-30-25)17-15-23-14-13-21(2)26(23)24(27)28-20-22-11-8-7-9-12-22/h7-9,11-12,21,23H,3-6,10,13-20H2,1-2H3/t21-,23+/m1/s1. The second-order valence-electron chi connectivity index (χ2n) is 8.84. The number of rotatable bonds is 11. The van der Waals surface area contributed by atoms with Crippen LogP contribution in [-0.4, -0.2) is 42.1 Å². The van der Waals surface area contributed by atoms with Gasteiger partial charge >= 0.3 is 6.09 Å². The van der Waals surface area contributed by atoms with Crippen LogP contribution in [0.4, 0.5) is 4.79 Å². The fourth-order valence-corrected chi connectivity index (χ4v) is 4.77. The number of amides is 1. The molecule has 30 heavy (non-hydrogen) atoms. The Morgan fingerprint density at radius 1 is 1.07 bits per heavy atom. The van der Waals surface area contributed by atoms with Gasteiger partial charge in [0.15, 0.2) is 5.79 Å². The minimum absolute atomic E-state index is 0.198. The molecule has 2 fully saturated rings. The van der Waals surface area contributed by atoms with Crippen molar-refractivity contribution in [3.05, 3.63) is 35.9 Å². The fraction of sp³-hybridized carbons (Fsp3) is 0.720. The van der Waals surface area contributed by atoms with Gasteiger partial charge < -0.3 is 19.1 Å². The van der Waals surface area contributed by atoms with Gasteiger partial charge in [-0.25, -0.2) is 4.79 Å². The smallest absolute Gasteiger partial charge is 0.410 e. The topological polar surface area (TPSA) is 48.0 Å². The molecule has 2 aliphatic rings. The molecule has 0 unspecified atom stereocenters. The monoisotopic (exact) mass is 417 g/mol. The summed E-state index contributed by atoms with van der Waals surface area (Å²) in [5, 5.41) is 0. The van der Waals surface area contributed by atoms with Crippen LogP contribution in [0.15, 0.2) is 30.3 Å². The molecule has 0 spiro atoms. The largest absolute Gasteiger partial charge is 0.445 e. The molecule has 3 rings (SSSR count). The number of carbonyl (C=O) groups excluding carboxylic acids is 1. The third-order valence-corrected chi connectivity index (χ3v) is 6.54. The number of hydrogen-bond acceptors (Lipinski definition) is 4. The van der Waals surface area contributed by atoms with Gasteiger partial charge in [0.2, 0.25) is 0 Å². The van der Waals surface area contributed by atoms with Crippen LogP contribution in [0.3, 0.4) is 0 Å². The summed E-state index contributed by atoms with van der Waals surface area (Å²) in [5.41, 5.74) is 1.02. The molecule has 1 aromatic carbocycles. The molecule has 5 nitrogen and oxygen atoms in total. The molecule has 0 aliphatic carbocycles. The van der Waals surface area contributed by atoms with Crippen LogP contribution in [0.5, 0.6) is 0 Å². The predicted octanol–water partition coefficient (Wildman–Crippen LogP) is 6.06. The first-order chi connectivity index (χ1) is 14.6. The summed E-state index contributed by atoms with van der Waals surface area (Å²) in [6, 6.07) is 10.3. The summed E-state index contributed by atoms with van der Waals surface area (Å²) >= 11 is 0. The molecule has 2 atom stereocenters. The van der Waals surface area contributed by atoms with Crippen LogP contribution in [-0.2, 0) is 20.8 Å². The van der Waals surface area contributed by atoms with E-state index < -0.39 is 5.79 Å². The lowest BCUT2D eigenvalue weighted by Gasteiger charge is -2.32. The van der Waals surface area contributed by atoms with E-state index in [0.29, 0.717) is 19.8 Å². The lowest BCUT2D eigenvalue weighted by molar-refractivity contribution is -0.170. The second-order valence-corrected chi connectivity index (χ2v) is 8.84. The van der Waals surface area contributed by atoms with Crippen LogP contribution in [0.2, 0.25) is 0 Å². The van der Waals surface area contributed by atoms with Crippen LogP contribution in [0.25, 0.3) is 0 Å². The highest BCUT2D eigenvalue weighted by molar-refractivity contribution is 5.69. The Kier molecular flexibility index (Phi) is 9.01. The summed E-state index contributed by atoms with van der Waals surface area (Å²) in [6.45, 7) is 6.04. The minimum atomic E-state index is -0.447. The average Bonchev–Trinajstić information content (AvgIpc) is 3.38. The Labute approximate surface area is 182 Å². The van der Waals surface area contributed by atoms with Gasteiger partial charge in [-0.15, -0.1) is 0 Å². The van der Waals surface area contributed by atoms with Crippen molar-refractivity contribution in [2.75, 3.05) is 13.2 Å². The summed E-state index contributed by atoms with van der Waals surface area (Å²) in [6.07, 6.45) is 10.8. The second kappa shape index (κ2) is 11.7. The van der Waals surface area contributed by atoms with Gasteiger partial charge in [-0.1, -0.05) is 62.9 Å². The first-order valence-electron chi connectivity index (χ1n) is 11.9. The lowest BCUT2D eigenvalue weighted by atomic mass is 9.98. The zero-order valence-electron chi connectivity index (χ0n) is 18.8. The van der Waals surface area contributed by atoms with E-state index in [1.807, 2.05) is 35.2 Å². The van der Waals surface area contributed by atoms with Gasteiger partial charge in [0.25, 0.3) is 0 Å². The highest BCUT2D eigenvalue weighted by Gasteiger charge is 2.40. The molecular weight excluding hydrogens is 378 g/mol. The number of hydrogen-bond donors (Lipinski definition) is 0. The Morgan fingerprint density at radius 2 is 1.80 bits per heavy atom. The van der Waals surface area contributed by atoms with Crippen molar-refractivity contribution >= 4 is 6.09 Å². The van der Waals surface area contributed by atoms with E-state index in [0.717, 1.165) is 44.1 Å². The Hall–Kier alpha value is -1.59. The number of carbonyl (C=O) groups is 1. The third kappa shape index (κ3) is 6.45. The Bertz CT molecular complexity index is 629. The van der Waals surface area contributed by atoms with E-state index in [1.54, 1.807) is 0 Å². The highest BCUT2D eigenvalue weighted by Crippen LogP contribution is 2.35. The highest BCUT2D eigenvalue weighted by atomic mass is 16.7. The van der Waals surface area contributed by atoms with Gasteiger partial charge in [-0.05, 0) is 38.2 Å². The predicted molar refractivity (Wildman–Crippen MR) is 118 cm³/mol. The summed E-state index contributed by atoms with van der Waals surface area (Å²) < 4.78 is 17.8. The third-order valence-electron chi connectivity index (χ3n) is 6.54. The Morgan fingerprint density at radius 3 is 2.53 bits per heavy atom. The first-order valence-corrected chi connectivity index (χ1v) is 11.9. The molecule has 0 saturated carbocycles. The molecule has 168 valence electrons. The maximum Gasteiger partial charge on any atom is 0.410 e. The number of likely N-dealkylation sites (tertiary alicyclic amines) is 1. The SMILES string of the molecule is CCCCCCCC1(CC[C@@H]2CC[C@@H](C)N2C(=O)OCc2ccccc2)OCCO1. The number of ether oxygens (including phenoxy) is 3. The first kappa shape index (κ1) is 23.1. The molecule has 1 amide bonds. The minimum Gasteiger partial charge on any atom is -0.445 e. The van der Waals surface area contributed by atoms with E-state index in [2.05, 4.69) is 13.8 Å². The van der Waals surface area contributed by atoms with Crippen LogP contribution < -0.4 is 0 Å². The van der Waals surface area contributed by atoms with Crippen LogP contribution in [0, 0.1) is 0 Å². The van der Waals surface area contributed by atoms with Crippen molar-refractivity contribution in [2.45, 2.75) is 103 Å². The zero-order chi connectivity index (χ0) is 21.2. The quantitative estimate of drug-likeness (QED) is 0.411. The average molecular weight is 418 g/mol. The number of unbranched alkanes of at least 4 members (excludes halogenated alkanes) is 4. The fourth-order valence-electron chi connectivity index (χ4n) is 4.77. The molecule has 1 aromatic rings. The summed E-state index contributed by atoms with van der Waals surface area (Å²) in [4.78, 5) is 14.8. The normalized spacial score (nSPS) is 23.1. The maximum atomic E-state index is 12.8. The van der Waals surface area contributed by atoms with Crippen molar-refractivity contribution in [1.29, 1.82) is 0 Å². The van der Waals surface area contributed by atoms with E-state index in [4.69, 9.17) is 14.2 Å². The van der Waals surface area contributed by atoms with Crippen LogP contribution in [0.1, 0.15) is 83.6 Å². The number of benzene rings is 1. The maximum absolute atomic E-state index is 12.8. The zero-order valence-corrected chi connectivity index (χ0v) is 18.8. The molecule has 2 saturated heterocycles. The summed E-state index contributed by atoms with van der Waals surface area (Å²) in [5.74, 6) is -0.447. The van der Waals surface area contributed by atoms with E-state index >= 15 is 0 Å². The van der Waals surface area contributed by atoms with Crippen LogP contribution >= 0.6 is 0 Å². The van der Waals surface area contributed by atoms with E-state index in [9.17, 15) is 4.79 Å². The van der Waals surface area contributed by atoms with E-state index in [-0.39, 0.29) is 18.2 Å². The van der Waals surface area contributed by atoms with E-state index in [1.165, 1.54) is 25.7 Å². The van der Waals surface area contributed by atoms with Crippen molar-refractivity contribution in [3.8, 4) is 0 Å². The number of nitrogens with zero attached hydrogens (tertiary/aromatic N) is 1. The summed E-state index contributed by atoms with van der Waals surface area (Å²) in [7, 11) is 0. The molecule has 0 aromatic heterocycles.